The molecule has 0 saturated carbocycles. The topological polar surface area (TPSA) is 61.4 Å². The first kappa shape index (κ1) is 19.8. The predicted molar refractivity (Wildman–Crippen MR) is 104 cm³/mol. The number of anilines is 1. The lowest BCUT2D eigenvalue weighted by molar-refractivity contribution is -0.133. The first-order valence-corrected chi connectivity index (χ1v) is 10.2. The average Bonchev–Trinajstić information content (AvgIpc) is 2.66. The third-order valence-electron chi connectivity index (χ3n) is 6.01. The average molecular weight is 375 g/mol. The molecule has 3 rings (SSSR count). The molecular formula is C21H30FN3O2. The number of imide groups is 1. The van der Waals surface area contributed by atoms with Gasteiger partial charge in [-0.25, -0.2) is 4.39 Å². The SMILES string of the molecule is CCC(CC)N1CCC(c2ccc(NC3CCC(=O)NC3=O)cc2F)CC1. The first-order chi connectivity index (χ1) is 13.0. The van der Waals surface area contributed by atoms with Gasteiger partial charge in [0, 0.05) is 18.2 Å². The van der Waals surface area contributed by atoms with E-state index < -0.39 is 6.04 Å². The summed E-state index contributed by atoms with van der Waals surface area (Å²) in [6.07, 6.45) is 5.02. The number of rotatable bonds is 6. The van der Waals surface area contributed by atoms with Gasteiger partial charge in [0.2, 0.25) is 11.8 Å². The van der Waals surface area contributed by atoms with Gasteiger partial charge in [0.1, 0.15) is 11.9 Å². The lowest BCUT2D eigenvalue weighted by Gasteiger charge is -2.37. The van der Waals surface area contributed by atoms with Crippen LogP contribution in [0.4, 0.5) is 10.1 Å². The maximum atomic E-state index is 14.7. The highest BCUT2D eigenvalue weighted by molar-refractivity contribution is 6.01. The Labute approximate surface area is 160 Å². The quantitative estimate of drug-likeness (QED) is 0.748. The molecule has 2 fully saturated rings. The molecule has 1 atom stereocenters. The van der Waals surface area contributed by atoms with E-state index in [9.17, 15) is 14.0 Å². The Hall–Kier alpha value is -1.95. The summed E-state index contributed by atoms with van der Waals surface area (Å²) in [5.74, 6) is -0.558. The van der Waals surface area contributed by atoms with Crippen molar-refractivity contribution in [3.8, 4) is 0 Å². The number of amides is 2. The Morgan fingerprint density at radius 3 is 2.48 bits per heavy atom. The van der Waals surface area contributed by atoms with Crippen molar-refractivity contribution in [3.05, 3.63) is 29.6 Å². The van der Waals surface area contributed by atoms with Crippen LogP contribution < -0.4 is 10.6 Å². The van der Waals surface area contributed by atoms with Crippen LogP contribution in [0.1, 0.15) is 63.9 Å². The Morgan fingerprint density at radius 2 is 1.89 bits per heavy atom. The standard InChI is InChI=1S/C21H30FN3O2/c1-3-16(4-2)25-11-9-14(10-12-25)17-6-5-15(13-18(17)22)23-19-7-8-20(26)24-21(19)27/h5-6,13-14,16,19,23H,3-4,7-12H2,1-2H3,(H,24,26,27). The van der Waals surface area contributed by atoms with E-state index in [1.807, 2.05) is 12.1 Å². The maximum Gasteiger partial charge on any atom is 0.249 e. The molecule has 148 valence electrons. The molecule has 1 aromatic rings. The minimum Gasteiger partial charge on any atom is -0.374 e. The molecule has 0 aromatic heterocycles. The van der Waals surface area contributed by atoms with Crippen LogP contribution in [0.3, 0.4) is 0 Å². The number of nitrogens with one attached hydrogen (secondary N) is 2. The van der Waals surface area contributed by atoms with Crippen molar-refractivity contribution < 1.29 is 14.0 Å². The Kier molecular flexibility index (Phi) is 6.47. The molecule has 2 saturated heterocycles. The molecule has 6 heteroatoms. The molecule has 0 bridgehead atoms. The van der Waals surface area contributed by atoms with Crippen LogP contribution in [0.2, 0.25) is 0 Å². The predicted octanol–water partition coefficient (Wildman–Crippen LogP) is 3.41. The van der Waals surface area contributed by atoms with Crippen molar-refractivity contribution in [1.82, 2.24) is 10.2 Å². The second-order valence-corrected chi connectivity index (χ2v) is 7.66. The zero-order chi connectivity index (χ0) is 19.4. The third kappa shape index (κ3) is 4.67. The second-order valence-electron chi connectivity index (χ2n) is 7.66. The molecule has 0 aliphatic carbocycles. The summed E-state index contributed by atoms with van der Waals surface area (Å²) >= 11 is 0. The number of carbonyl (C=O) groups is 2. The second kappa shape index (κ2) is 8.83. The number of hydrogen-bond donors (Lipinski definition) is 2. The van der Waals surface area contributed by atoms with Gasteiger partial charge < -0.3 is 10.2 Å². The summed E-state index contributed by atoms with van der Waals surface area (Å²) in [6, 6.07) is 5.31. The van der Waals surface area contributed by atoms with Crippen LogP contribution in [0.15, 0.2) is 18.2 Å². The van der Waals surface area contributed by atoms with Gasteiger partial charge >= 0.3 is 0 Å². The highest BCUT2D eigenvalue weighted by Crippen LogP contribution is 2.32. The fraction of sp³-hybridized carbons (Fsp3) is 0.619. The van der Waals surface area contributed by atoms with Crippen molar-refractivity contribution in [2.75, 3.05) is 18.4 Å². The molecule has 2 amide bonds. The zero-order valence-electron chi connectivity index (χ0n) is 16.3. The minimum absolute atomic E-state index is 0.215. The molecule has 0 spiro atoms. The Bertz CT molecular complexity index is 682. The maximum absolute atomic E-state index is 14.7. The van der Waals surface area contributed by atoms with E-state index in [1.54, 1.807) is 0 Å². The number of benzene rings is 1. The van der Waals surface area contributed by atoms with Gasteiger partial charge in [-0.2, -0.15) is 0 Å². The molecule has 2 N–H and O–H groups in total. The van der Waals surface area contributed by atoms with Crippen molar-refractivity contribution in [3.63, 3.8) is 0 Å². The van der Waals surface area contributed by atoms with Crippen LogP contribution in [0.5, 0.6) is 0 Å². The van der Waals surface area contributed by atoms with Crippen LogP contribution in [0, 0.1) is 5.82 Å². The molecule has 1 unspecified atom stereocenters. The van der Waals surface area contributed by atoms with E-state index in [0.717, 1.165) is 44.3 Å². The molecule has 1 aromatic carbocycles. The number of hydrogen-bond acceptors (Lipinski definition) is 4. The Morgan fingerprint density at radius 1 is 1.19 bits per heavy atom. The van der Waals surface area contributed by atoms with E-state index >= 15 is 0 Å². The van der Waals surface area contributed by atoms with Gasteiger partial charge in [-0.15, -0.1) is 0 Å². The first-order valence-electron chi connectivity index (χ1n) is 10.2. The van der Waals surface area contributed by atoms with Gasteiger partial charge in [-0.3, -0.25) is 14.9 Å². The fourth-order valence-corrected chi connectivity index (χ4v) is 4.36. The Balaban J connectivity index is 1.60. The lowest BCUT2D eigenvalue weighted by atomic mass is 9.88. The summed E-state index contributed by atoms with van der Waals surface area (Å²) in [7, 11) is 0. The van der Waals surface area contributed by atoms with Gasteiger partial charge in [0.25, 0.3) is 0 Å². The fourth-order valence-electron chi connectivity index (χ4n) is 4.36. The molecule has 2 heterocycles. The molecular weight excluding hydrogens is 345 g/mol. The monoisotopic (exact) mass is 375 g/mol. The van der Waals surface area contributed by atoms with Crippen LogP contribution >= 0.6 is 0 Å². The number of piperidine rings is 2. The van der Waals surface area contributed by atoms with E-state index in [0.29, 0.717) is 24.6 Å². The summed E-state index contributed by atoms with van der Waals surface area (Å²) in [5.41, 5.74) is 1.35. The van der Waals surface area contributed by atoms with Gasteiger partial charge in [0.15, 0.2) is 0 Å². The van der Waals surface area contributed by atoms with E-state index in [1.165, 1.54) is 6.07 Å². The van der Waals surface area contributed by atoms with Crippen LogP contribution in [-0.2, 0) is 9.59 Å². The molecule has 27 heavy (non-hydrogen) atoms. The van der Waals surface area contributed by atoms with Gasteiger partial charge in [0.05, 0.1) is 0 Å². The van der Waals surface area contributed by atoms with Crippen molar-refractivity contribution in [2.24, 2.45) is 0 Å². The largest absolute Gasteiger partial charge is 0.374 e. The normalized spacial score (nSPS) is 22.1. The van der Waals surface area contributed by atoms with E-state index in [2.05, 4.69) is 29.4 Å². The highest BCUT2D eigenvalue weighted by Gasteiger charge is 2.28. The van der Waals surface area contributed by atoms with Crippen LogP contribution in [0.25, 0.3) is 0 Å². The number of nitrogens with zero attached hydrogens (tertiary/aromatic N) is 1. The van der Waals surface area contributed by atoms with E-state index in [4.69, 9.17) is 0 Å². The summed E-state index contributed by atoms with van der Waals surface area (Å²) < 4.78 is 14.7. The van der Waals surface area contributed by atoms with Gasteiger partial charge in [-0.1, -0.05) is 19.9 Å². The summed E-state index contributed by atoms with van der Waals surface area (Å²) in [4.78, 5) is 25.6. The number of likely N-dealkylation sites (tertiary alicyclic amines) is 1. The smallest absolute Gasteiger partial charge is 0.249 e. The summed E-state index contributed by atoms with van der Waals surface area (Å²) in [5, 5.41) is 5.36. The van der Waals surface area contributed by atoms with Crippen molar-refractivity contribution in [2.45, 2.75) is 70.4 Å². The molecule has 0 radical (unpaired) electrons. The zero-order valence-corrected chi connectivity index (χ0v) is 16.3. The van der Waals surface area contributed by atoms with Crippen molar-refractivity contribution in [1.29, 1.82) is 0 Å². The van der Waals surface area contributed by atoms with E-state index in [-0.39, 0.29) is 23.5 Å². The molecule has 5 nitrogen and oxygen atoms in total. The number of carbonyl (C=O) groups excluding carboxylic acids is 2. The number of halogens is 1. The van der Waals surface area contributed by atoms with Gasteiger partial charge in [-0.05, 0) is 68.8 Å². The highest BCUT2D eigenvalue weighted by atomic mass is 19.1. The third-order valence-corrected chi connectivity index (χ3v) is 6.01. The van der Waals surface area contributed by atoms with Crippen molar-refractivity contribution >= 4 is 17.5 Å². The van der Waals surface area contributed by atoms with Crippen LogP contribution in [-0.4, -0.2) is 41.9 Å². The molecule has 2 aliphatic rings. The minimum atomic E-state index is -0.490. The lowest BCUT2D eigenvalue weighted by Crippen LogP contribution is -2.47. The summed E-state index contributed by atoms with van der Waals surface area (Å²) in [6.45, 7) is 6.50. The molecule has 2 aliphatic heterocycles.